The largest absolute Gasteiger partial charge is 0.497 e. The van der Waals surface area contributed by atoms with E-state index in [4.69, 9.17) is 9.47 Å². The van der Waals surface area contributed by atoms with Crippen LogP contribution in [0.4, 0.5) is 0 Å². The number of ether oxygens (including phenoxy) is 2. The average Bonchev–Trinajstić information content (AvgIpc) is 3.03. The van der Waals surface area contributed by atoms with Crippen LogP contribution in [-0.2, 0) is 7.05 Å². The summed E-state index contributed by atoms with van der Waals surface area (Å²) in [4.78, 5) is 17.8. The highest BCUT2D eigenvalue weighted by Crippen LogP contribution is 2.28. The van der Waals surface area contributed by atoms with Gasteiger partial charge in [0.05, 0.1) is 30.0 Å². The van der Waals surface area contributed by atoms with Gasteiger partial charge in [0.1, 0.15) is 11.5 Å². The molecule has 0 bridgehead atoms. The number of hydrogen-bond acceptors (Lipinski definition) is 4. The number of methoxy groups -OCH3 is 2. The Morgan fingerprint density at radius 3 is 2.63 bits per heavy atom. The van der Waals surface area contributed by atoms with E-state index < -0.39 is 0 Å². The van der Waals surface area contributed by atoms with Crippen LogP contribution in [0.15, 0.2) is 59.6 Å². The second kappa shape index (κ2) is 6.89. The Kier molecular flexibility index (Phi) is 4.41. The lowest BCUT2D eigenvalue weighted by atomic mass is 10.1. The Hall–Kier alpha value is -3.12. The fourth-order valence-electron chi connectivity index (χ4n) is 3.09. The monoisotopic (exact) mass is 378 g/mol. The minimum absolute atomic E-state index is 0.364. The summed E-state index contributed by atoms with van der Waals surface area (Å²) in [5, 5.41) is 2.32. The maximum absolute atomic E-state index is 12.8. The summed E-state index contributed by atoms with van der Waals surface area (Å²) in [6.45, 7) is 0. The number of carbonyl (C=O) groups is 1. The number of nitrogens with zero attached hydrogens (tertiary/aromatic N) is 2. The lowest BCUT2D eigenvalue weighted by Gasteiger charge is -2.07. The van der Waals surface area contributed by atoms with Gasteiger partial charge in [-0.2, -0.15) is 4.99 Å². The fourth-order valence-corrected chi connectivity index (χ4v) is 4.24. The van der Waals surface area contributed by atoms with Crippen LogP contribution < -0.4 is 14.3 Å². The first-order valence-electron chi connectivity index (χ1n) is 8.40. The summed E-state index contributed by atoms with van der Waals surface area (Å²) < 4.78 is 13.6. The second-order valence-corrected chi connectivity index (χ2v) is 7.04. The molecule has 0 spiro atoms. The SMILES string of the molecule is COc1ccc(OC)c(C(=O)N=c2sc3c4ccccc4ccc3n2C)c1. The Labute approximate surface area is 160 Å². The number of aromatic nitrogens is 1. The number of thiazole rings is 1. The molecule has 27 heavy (non-hydrogen) atoms. The maximum atomic E-state index is 12.8. The van der Waals surface area contributed by atoms with Crippen molar-refractivity contribution in [3.05, 3.63) is 65.0 Å². The molecule has 136 valence electrons. The number of fused-ring (bicyclic) bond motifs is 3. The molecule has 0 aliphatic heterocycles. The normalized spacial score (nSPS) is 11.9. The standard InChI is InChI=1S/C21H18N2O3S/c1-23-17-10-8-13-6-4-5-7-15(13)19(17)27-21(23)22-20(24)16-12-14(25-2)9-11-18(16)26-3/h4-12H,1-3H3. The van der Waals surface area contributed by atoms with Gasteiger partial charge in [0.25, 0.3) is 5.91 Å². The number of carbonyl (C=O) groups excluding carboxylic acids is 1. The number of rotatable bonds is 3. The second-order valence-electron chi connectivity index (χ2n) is 6.06. The van der Waals surface area contributed by atoms with Crippen LogP contribution in [0.1, 0.15) is 10.4 Å². The number of benzene rings is 3. The van der Waals surface area contributed by atoms with Gasteiger partial charge in [-0.1, -0.05) is 41.7 Å². The van der Waals surface area contributed by atoms with Crippen molar-refractivity contribution in [1.82, 2.24) is 4.57 Å². The van der Waals surface area contributed by atoms with E-state index in [9.17, 15) is 4.79 Å². The minimum Gasteiger partial charge on any atom is -0.497 e. The summed E-state index contributed by atoms with van der Waals surface area (Å²) in [5.74, 6) is 0.692. The quantitative estimate of drug-likeness (QED) is 0.538. The molecule has 4 rings (SSSR count). The number of amides is 1. The smallest absolute Gasteiger partial charge is 0.283 e. The lowest BCUT2D eigenvalue weighted by Crippen LogP contribution is -2.13. The Morgan fingerprint density at radius 1 is 1.04 bits per heavy atom. The van der Waals surface area contributed by atoms with Gasteiger partial charge in [0, 0.05) is 12.4 Å². The van der Waals surface area contributed by atoms with E-state index in [0.29, 0.717) is 21.9 Å². The summed E-state index contributed by atoms with van der Waals surface area (Å²) in [7, 11) is 5.01. The first-order valence-corrected chi connectivity index (χ1v) is 9.22. The predicted molar refractivity (Wildman–Crippen MR) is 108 cm³/mol. The van der Waals surface area contributed by atoms with Gasteiger partial charge in [0.15, 0.2) is 4.80 Å². The summed E-state index contributed by atoms with van der Waals surface area (Å²) in [6, 6.07) is 17.5. The highest BCUT2D eigenvalue weighted by Gasteiger charge is 2.14. The summed E-state index contributed by atoms with van der Waals surface area (Å²) in [6.07, 6.45) is 0. The molecule has 0 radical (unpaired) electrons. The Bertz CT molecular complexity index is 1240. The molecule has 0 aliphatic rings. The van der Waals surface area contributed by atoms with Gasteiger partial charge >= 0.3 is 0 Å². The molecule has 6 heteroatoms. The molecule has 1 heterocycles. The molecule has 0 saturated heterocycles. The topological polar surface area (TPSA) is 52.8 Å². The van der Waals surface area contributed by atoms with Crippen molar-refractivity contribution in [2.75, 3.05) is 14.2 Å². The van der Waals surface area contributed by atoms with Gasteiger partial charge in [-0.15, -0.1) is 0 Å². The van der Waals surface area contributed by atoms with Crippen LogP contribution >= 0.6 is 11.3 Å². The molecule has 0 aliphatic carbocycles. The zero-order valence-electron chi connectivity index (χ0n) is 15.2. The molecule has 3 aromatic carbocycles. The maximum Gasteiger partial charge on any atom is 0.283 e. The zero-order chi connectivity index (χ0) is 19.0. The van der Waals surface area contributed by atoms with E-state index in [1.807, 2.05) is 23.7 Å². The molecule has 0 fully saturated rings. The predicted octanol–water partition coefficient (Wildman–Crippen LogP) is 4.15. The first kappa shape index (κ1) is 17.3. The van der Waals surface area contributed by atoms with Gasteiger partial charge < -0.3 is 14.0 Å². The minimum atomic E-state index is -0.364. The Balaban J connectivity index is 1.89. The summed E-state index contributed by atoms with van der Waals surface area (Å²) >= 11 is 1.50. The Morgan fingerprint density at radius 2 is 1.85 bits per heavy atom. The van der Waals surface area contributed by atoms with E-state index in [-0.39, 0.29) is 5.91 Å². The van der Waals surface area contributed by atoms with Crippen LogP contribution in [0.25, 0.3) is 21.0 Å². The van der Waals surface area contributed by atoms with Crippen LogP contribution in [0.5, 0.6) is 11.5 Å². The van der Waals surface area contributed by atoms with Crippen molar-refractivity contribution in [2.45, 2.75) is 0 Å². The van der Waals surface area contributed by atoms with E-state index in [0.717, 1.165) is 15.6 Å². The third kappa shape index (κ3) is 2.98. The molecule has 5 nitrogen and oxygen atoms in total. The van der Waals surface area contributed by atoms with Gasteiger partial charge in [-0.25, -0.2) is 0 Å². The molecule has 4 aromatic rings. The van der Waals surface area contributed by atoms with Gasteiger partial charge in [0.2, 0.25) is 0 Å². The van der Waals surface area contributed by atoms with Crippen LogP contribution in [0.3, 0.4) is 0 Å². The molecular formula is C21H18N2O3S. The molecule has 0 atom stereocenters. The van der Waals surface area contributed by atoms with Crippen molar-refractivity contribution in [3.8, 4) is 11.5 Å². The highest BCUT2D eigenvalue weighted by molar-refractivity contribution is 7.17. The van der Waals surface area contributed by atoms with Gasteiger partial charge in [-0.05, 0) is 29.7 Å². The molecule has 0 saturated carbocycles. The van der Waals surface area contributed by atoms with E-state index in [1.54, 1.807) is 25.3 Å². The van der Waals surface area contributed by atoms with E-state index >= 15 is 0 Å². The van der Waals surface area contributed by atoms with Crippen LogP contribution in [0.2, 0.25) is 0 Å². The van der Waals surface area contributed by atoms with E-state index in [1.165, 1.54) is 23.8 Å². The van der Waals surface area contributed by atoms with Crippen molar-refractivity contribution >= 4 is 38.2 Å². The molecule has 1 aromatic heterocycles. The van der Waals surface area contributed by atoms with Crippen molar-refractivity contribution in [3.63, 3.8) is 0 Å². The third-order valence-electron chi connectivity index (χ3n) is 4.53. The first-order chi connectivity index (χ1) is 13.1. The molecule has 0 N–H and O–H groups in total. The lowest BCUT2D eigenvalue weighted by molar-refractivity contribution is 0.0994. The molecular weight excluding hydrogens is 360 g/mol. The molecule has 1 amide bonds. The number of hydrogen-bond donors (Lipinski definition) is 0. The zero-order valence-corrected chi connectivity index (χ0v) is 16.0. The highest BCUT2D eigenvalue weighted by atomic mass is 32.1. The van der Waals surface area contributed by atoms with Crippen LogP contribution in [0, 0.1) is 0 Å². The molecule has 0 unspecified atom stereocenters. The van der Waals surface area contributed by atoms with E-state index in [2.05, 4.69) is 29.3 Å². The van der Waals surface area contributed by atoms with Crippen LogP contribution in [-0.4, -0.2) is 24.7 Å². The third-order valence-corrected chi connectivity index (χ3v) is 5.72. The van der Waals surface area contributed by atoms with Crippen molar-refractivity contribution < 1.29 is 14.3 Å². The number of aryl methyl sites for hydroxylation is 1. The fraction of sp³-hybridized carbons (Fsp3) is 0.143. The summed E-state index contributed by atoms with van der Waals surface area (Å²) in [5.41, 5.74) is 1.42. The van der Waals surface area contributed by atoms with Crippen molar-refractivity contribution in [1.29, 1.82) is 0 Å². The van der Waals surface area contributed by atoms with Crippen molar-refractivity contribution in [2.24, 2.45) is 12.0 Å². The average molecular weight is 378 g/mol. The van der Waals surface area contributed by atoms with Gasteiger partial charge in [-0.3, -0.25) is 4.79 Å².